The van der Waals surface area contributed by atoms with Crippen LogP contribution < -0.4 is 21.1 Å². The van der Waals surface area contributed by atoms with Gasteiger partial charge in [0.25, 0.3) is 5.91 Å². The van der Waals surface area contributed by atoms with Crippen molar-refractivity contribution in [2.75, 3.05) is 17.2 Å². The fourth-order valence-electron chi connectivity index (χ4n) is 2.23. The number of amides is 3. The SMILES string of the molecule is CCOc1ccc2nc(NC(=O)c3ccc(NC(N)=O)cc3)sc2c1. The first-order chi connectivity index (χ1) is 12.0. The molecule has 3 aromatic rings. The van der Waals surface area contributed by atoms with Crippen LogP contribution in [0.5, 0.6) is 5.75 Å². The summed E-state index contributed by atoms with van der Waals surface area (Å²) in [4.78, 5) is 27.5. The first-order valence-electron chi connectivity index (χ1n) is 7.56. The van der Waals surface area contributed by atoms with Gasteiger partial charge in [0.15, 0.2) is 5.13 Å². The molecular weight excluding hydrogens is 340 g/mol. The molecule has 128 valence electrons. The van der Waals surface area contributed by atoms with Crippen molar-refractivity contribution in [2.24, 2.45) is 5.73 Å². The van der Waals surface area contributed by atoms with E-state index in [2.05, 4.69) is 15.6 Å². The Bertz CT molecular complexity index is 921. The zero-order chi connectivity index (χ0) is 17.8. The van der Waals surface area contributed by atoms with Gasteiger partial charge in [0.05, 0.1) is 16.8 Å². The number of carbonyl (C=O) groups is 2. The normalized spacial score (nSPS) is 10.4. The number of nitrogens with one attached hydrogen (secondary N) is 2. The summed E-state index contributed by atoms with van der Waals surface area (Å²) in [5.74, 6) is 0.490. The number of nitrogens with zero attached hydrogens (tertiary/aromatic N) is 1. The summed E-state index contributed by atoms with van der Waals surface area (Å²) in [5, 5.41) is 5.72. The average Bonchev–Trinajstić information content (AvgIpc) is 2.96. The van der Waals surface area contributed by atoms with Crippen molar-refractivity contribution in [1.29, 1.82) is 0 Å². The fourth-order valence-corrected chi connectivity index (χ4v) is 3.12. The highest BCUT2D eigenvalue weighted by Gasteiger charge is 2.11. The molecule has 0 unspecified atom stereocenters. The number of nitrogens with two attached hydrogens (primary N) is 1. The maximum atomic E-state index is 12.3. The van der Waals surface area contributed by atoms with E-state index in [0.29, 0.717) is 23.0 Å². The number of urea groups is 1. The molecule has 8 heteroatoms. The molecule has 3 amide bonds. The molecule has 0 bridgehead atoms. The van der Waals surface area contributed by atoms with Crippen molar-refractivity contribution in [2.45, 2.75) is 6.92 Å². The van der Waals surface area contributed by atoms with Crippen LogP contribution in [0, 0.1) is 0 Å². The van der Waals surface area contributed by atoms with Crippen molar-refractivity contribution < 1.29 is 14.3 Å². The molecule has 0 spiro atoms. The molecule has 1 aromatic heterocycles. The van der Waals surface area contributed by atoms with E-state index in [1.54, 1.807) is 24.3 Å². The topological polar surface area (TPSA) is 106 Å². The number of carbonyl (C=O) groups excluding carboxylic acids is 2. The largest absolute Gasteiger partial charge is 0.494 e. The van der Waals surface area contributed by atoms with Gasteiger partial charge in [-0.15, -0.1) is 0 Å². The van der Waals surface area contributed by atoms with Crippen LogP contribution in [0.25, 0.3) is 10.2 Å². The van der Waals surface area contributed by atoms with Crippen molar-refractivity contribution in [3.63, 3.8) is 0 Å². The smallest absolute Gasteiger partial charge is 0.316 e. The lowest BCUT2D eigenvalue weighted by atomic mass is 10.2. The van der Waals surface area contributed by atoms with Crippen molar-refractivity contribution in [1.82, 2.24) is 4.98 Å². The van der Waals surface area contributed by atoms with Crippen LogP contribution in [-0.2, 0) is 0 Å². The minimum atomic E-state index is -0.655. The Labute approximate surface area is 147 Å². The van der Waals surface area contributed by atoms with Gasteiger partial charge in [0.2, 0.25) is 0 Å². The molecule has 0 aliphatic carbocycles. The Hall–Kier alpha value is -3.13. The lowest BCUT2D eigenvalue weighted by Crippen LogP contribution is -2.19. The zero-order valence-corrected chi connectivity index (χ0v) is 14.2. The van der Waals surface area contributed by atoms with E-state index < -0.39 is 6.03 Å². The lowest BCUT2D eigenvalue weighted by molar-refractivity contribution is 0.102. The zero-order valence-electron chi connectivity index (χ0n) is 13.4. The highest BCUT2D eigenvalue weighted by Crippen LogP contribution is 2.29. The van der Waals surface area contributed by atoms with E-state index in [1.165, 1.54) is 11.3 Å². The molecule has 0 radical (unpaired) electrons. The summed E-state index contributed by atoms with van der Waals surface area (Å²) >= 11 is 1.38. The van der Waals surface area contributed by atoms with Gasteiger partial charge in [-0.25, -0.2) is 9.78 Å². The molecule has 7 nitrogen and oxygen atoms in total. The predicted octanol–water partition coefficient (Wildman–Crippen LogP) is 3.44. The lowest BCUT2D eigenvalue weighted by Gasteiger charge is -2.04. The van der Waals surface area contributed by atoms with Crippen LogP contribution in [0.1, 0.15) is 17.3 Å². The van der Waals surface area contributed by atoms with Gasteiger partial charge in [-0.3, -0.25) is 10.1 Å². The molecule has 2 aromatic carbocycles. The standard InChI is InChI=1S/C17H16N4O3S/c1-2-24-12-7-8-13-14(9-12)25-17(20-13)21-15(22)10-3-5-11(6-4-10)19-16(18)23/h3-9H,2H2,1H3,(H3,18,19,23)(H,20,21,22). The molecule has 0 atom stereocenters. The molecule has 0 aliphatic rings. The van der Waals surface area contributed by atoms with E-state index in [9.17, 15) is 9.59 Å². The second-order valence-corrected chi connectivity index (χ2v) is 6.13. The van der Waals surface area contributed by atoms with E-state index in [1.807, 2.05) is 25.1 Å². The third-order valence-corrected chi connectivity index (χ3v) is 4.24. The third-order valence-electron chi connectivity index (χ3n) is 3.31. The molecule has 3 rings (SSSR count). The van der Waals surface area contributed by atoms with E-state index in [-0.39, 0.29) is 5.91 Å². The summed E-state index contributed by atoms with van der Waals surface area (Å²) in [6.45, 7) is 2.52. The van der Waals surface area contributed by atoms with Gasteiger partial charge < -0.3 is 15.8 Å². The van der Waals surface area contributed by atoms with E-state index in [4.69, 9.17) is 10.5 Å². The Morgan fingerprint density at radius 2 is 1.92 bits per heavy atom. The summed E-state index contributed by atoms with van der Waals surface area (Å²) < 4.78 is 6.40. The van der Waals surface area contributed by atoms with Crippen LogP contribution in [-0.4, -0.2) is 23.5 Å². The molecule has 1 heterocycles. The maximum absolute atomic E-state index is 12.3. The number of hydrogen-bond acceptors (Lipinski definition) is 5. The van der Waals surface area contributed by atoms with E-state index in [0.717, 1.165) is 16.0 Å². The quantitative estimate of drug-likeness (QED) is 0.651. The number of ether oxygens (including phenoxy) is 1. The van der Waals surface area contributed by atoms with Crippen LogP contribution >= 0.6 is 11.3 Å². The van der Waals surface area contributed by atoms with Gasteiger partial charge in [-0.2, -0.15) is 0 Å². The van der Waals surface area contributed by atoms with Crippen LogP contribution in [0.2, 0.25) is 0 Å². The number of rotatable bonds is 5. The number of primary amides is 1. The van der Waals surface area contributed by atoms with Gasteiger partial charge in [-0.05, 0) is 49.4 Å². The molecule has 0 fully saturated rings. The second kappa shape index (κ2) is 7.18. The van der Waals surface area contributed by atoms with Crippen molar-refractivity contribution in [3.8, 4) is 5.75 Å². The highest BCUT2D eigenvalue weighted by molar-refractivity contribution is 7.22. The van der Waals surface area contributed by atoms with Crippen molar-refractivity contribution in [3.05, 3.63) is 48.0 Å². The summed E-state index contributed by atoms with van der Waals surface area (Å²) in [7, 11) is 0. The average molecular weight is 356 g/mol. The van der Waals surface area contributed by atoms with Gasteiger partial charge in [0, 0.05) is 11.3 Å². The van der Waals surface area contributed by atoms with Gasteiger partial charge in [-0.1, -0.05) is 11.3 Å². The number of anilines is 2. The minimum Gasteiger partial charge on any atom is -0.494 e. The molecule has 0 saturated carbocycles. The third kappa shape index (κ3) is 4.04. The van der Waals surface area contributed by atoms with Crippen LogP contribution in [0.4, 0.5) is 15.6 Å². The summed E-state index contributed by atoms with van der Waals surface area (Å²) in [5.41, 5.74) is 6.81. The fraction of sp³-hybridized carbons (Fsp3) is 0.118. The Balaban J connectivity index is 1.73. The summed E-state index contributed by atoms with van der Waals surface area (Å²) in [6, 6.07) is 11.4. The highest BCUT2D eigenvalue weighted by atomic mass is 32.1. The minimum absolute atomic E-state index is 0.283. The molecule has 0 aliphatic heterocycles. The number of benzene rings is 2. The number of fused-ring (bicyclic) bond motifs is 1. The van der Waals surface area contributed by atoms with Crippen LogP contribution in [0.3, 0.4) is 0 Å². The number of hydrogen-bond donors (Lipinski definition) is 3. The maximum Gasteiger partial charge on any atom is 0.316 e. The Morgan fingerprint density at radius 3 is 2.60 bits per heavy atom. The monoisotopic (exact) mass is 356 g/mol. The number of aromatic nitrogens is 1. The van der Waals surface area contributed by atoms with Crippen molar-refractivity contribution >= 4 is 44.3 Å². The Kier molecular flexibility index (Phi) is 4.80. The van der Waals surface area contributed by atoms with E-state index >= 15 is 0 Å². The van der Waals surface area contributed by atoms with Gasteiger partial charge >= 0.3 is 6.03 Å². The Morgan fingerprint density at radius 1 is 1.16 bits per heavy atom. The molecule has 4 N–H and O–H groups in total. The summed E-state index contributed by atoms with van der Waals surface area (Å²) in [6.07, 6.45) is 0. The predicted molar refractivity (Wildman–Crippen MR) is 98.4 cm³/mol. The first-order valence-corrected chi connectivity index (χ1v) is 8.38. The molecule has 25 heavy (non-hydrogen) atoms. The van der Waals surface area contributed by atoms with Crippen LogP contribution in [0.15, 0.2) is 42.5 Å². The van der Waals surface area contributed by atoms with Gasteiger partial charge in [0.1, 0.15) is 5.75 Å². The molecule has 0 saturated heterocycles. The second-order valence-electron chi connectivity index (χ2n) is 5.10. The first kappa shape index (κ1) is 16.7. The number of thiazole rings is 1. The molecular formula is C17H16N4O3S.